The van der Waals surface area contributed by atoms with E-state index < -0.39 is 10.5 Å². The number of amides is 1. The van der Waals surface area contributed by atoms with Gasteiger partial charge in [0.15, 0.2) is 0 Å². The molecular formula is C12H16ClN3O3. The zero-order chi connectivity index (χ0) is 13.2. The average Bonchev–Trinajstić information content (AvgIpc) is 3.09. The van der Waals surface area contributed by atoms with Crippen molar-refractivity contribution in [3.05, 3.63) is 39.9 Å². The highest BCUT2D eigenvalue weighted by molar-refractivity contribution is 5.88. The largest absolute Gasteiger partial charge is 0.354 e. The van der Waals surface area contributed by atoms with Crippen LogP contribution in [0.5, 0.6) is 0 Å². The minimum Gasteiger partial charge on any atom is -0.354 e. The maximum absolute atomic E-state index is 11.5. The van der Waals surface area contributed by atoms with Gasteiger partial charge in [-0.25, -0.2) is 0 Å². The Morgan fingerprint density at radius 2 is 1.95 bits per heavy atom. The summed E-state index contributed by atoms with van der Waals surface area (Å²) in [5, 5.41) is 13.2. The van der Waals surface area contributed by atoms with Crippen molar-refractivity contribution in [3.8, 4) is 0 Å². The number of carbonyl (C=O) groups excluding carboxylic acids is 1. The minimum absolute atomic E-state index is 0. The summed E-state index contributed by atoms with van der Waals surface area (Å²) in [6, 6.07) is 6.31. The Morgan fingerprint density at radius 1 is 1.37 bits per heavy atom. The van der Waals surface area contributed by atoms with Gasteiger partial charge in [0.2, 0.25) is 5.91 Å². The molecule has 0 aromatic heterocycles. The summed E-state index contributed by atoms with van der Waals surface area (Å²) in [6.45, 7) is 0.496. The molecule has 2 rings (SSSR count). The molecule has 0 spiro atoms. The maximum Gasteiger partial charge on any atom is 0.269 e. The van der Waals surface area contributed by atoms with Crippen LogP contribution in [0, 0.1) is 10.1 Å². The fourth-order valence-corrected chi connectivity index (χ4v) is 1.64. The van der Waals surface area contributed by atoms with Crippen LogP contribution in [-0.4, -0.2) is 22.9 Å². The molecule has 1 fully saturated rings. The van der Waals surface area contributed by atoms with Crippen LogP contribution in [0.15, 0.2) is 24.3 Å². The molecule has 6 nitrogen and oxygen atoms in total. The number of hydrogen-bond acceptors (Lipinski definition) is 4. The monoisotopic (exact) mass is 285 g/mol. The van der Waals surface area contributed by atoms with E-state index in [-0.39, 0.29) is 24.0 Å². The summed E-state index contributed by atoms with van der Waals surface area (Å²) in [6.07, 6.45) is 2.13. The topological polar surface area (TPSA) is 98.3 Å². The Balaban J connectivity index is 0.00000180. The average molecular weight is 286 g/mol. The van der Waals surface area contributed by atoms with E-state index in [4.69, 9.17) is 5.73 Å². The van der Waals surface area contributed by atoms with Crippen molar-refractivity contribution in [2.75, 3.05) is 6.54 Å². The molecule has 1 aromatic rings. The molecule has 1 saturated carbocycles. The van der Waals surface area contributed by atoms with Crippen LogP contribution < -0.4 is 11.1 Å². The van der Waals surface area contributed by atoms with Crippen LogP contribution in [0.3, 0.4) is 0 Å². The number of benzene rings is 1. The van der Waals surface area contributed by atoms with Gasteiger partial charge in [-0.1, -0.05) is 12.1 Å². The molecule has 0 bridgehead atoms. The lowest BCUT2D eigenvalue weighted by molar-refractivity contribution is -0.384. The quantitative estimate of drug-likeness (QED) is 0.626. The first-order valence-electron chi connectivity index (χ1n) is 5.82. The Labute approximate surface area is 116 Å². The number of rotatable bonds is 5. The molecule has 0 saturated heterocycles. The molecule has 0 atom stereocenters. The van der Waals surface area contributed by atoms with Gasteiger partial charge in [0.05, 0.1) is 10.5 Å². The highest BCUT2D eigenvalue weighted by atomic mass is 35.5. The van der Waals surface area contributed by atoms with Crippen LogP contribution in [0.2, 0.25) is 0 Å². The van der Waals surface area contributed by atoms with E-state index in [1.807, 2.05) is 0 Å². The molecule has 1 aromatic carbocycles. The number of carbonyl (C=O) groups is 1. The van der Waals surface area contributed by atoms with E-state index >= 15 is 0 Å². The van der Waals surface area contributed by atoms with Crippen LogP contribution in [0.4, 0.5) is 5.69 Å². The first-order valence-corrected chi connectivity index (χ1v) is 5.82. The highest BCUT2D eigenvalue weighted by Crippen LogP contribution is 2.31. The molecule has 1 aliphatic rings. The van der Waals surface area contributed by atoms with Crippen molar-refractivity contribution in [2.45, 2.75) is 24.8 Å². The van der Waals surface area contributed by atoms with Gasteiger partial charge < -0.3 is 11.1 Å². The number of halogens is 1. The second-order valence-electron chi connectivity index (χ2n) is 4.59. The van der Waals surface area contributed by atoms with Crippen molar-refractivity contribution < 1.29 is 9.72 Å². The smallest absolute Gasteiger partial charge is 0.269 e. The fraction of sp³-hybridized carbons (Fsp3) is 0.417. The van der Waals surface area contributed by atoms with E-state index in [0.717, 1.165) is 18.4 Å². The summed E-state index contributed by atoms with van der Waals surface area (Å²) >= 11 is 0. The molecule has 0 unspecified atom stereocenters. The van der Waals surface area contributed by atoms with Gasteiger partial charge in [0.25, 0.3) is 5.69 Å². The van der Waals surface area contributed by atoms with Gasteiger partial charge in [-0.2, -0.15) is 0 Å². The number of nitrogens with one attached hydrogen (secondary N) is 1. The number of nitrogens with zero attached hydrogens (tertiary/aromatic N) is 1. The summed E-state index contributed by atoms with van der Waals surface area (Å²) in [5.41, 5.74) is 6.11. The van der Waals surface area contributed by atoms with Crippen LogP contribution in [0.25, 0.3) is 0 Å². The van der Waals surface area contributed by atoms with E-state index in [0.29, 0.717) is 13.0 Å². The zero-order valence-corrected chi connectivity index (χ0v) is 11.1. The highest BCUT2D eigenvalue weighted by Gasteiger charge is 2.45. The Morgan fingerprint density at radius 3 is 2.42 bits per heavy atom. The van der Waals surface area contributed by atoms with Crippen molar-refractivity contribution >= 4 is 24.0 Å². The zero-order valence-electron chi connectivity index (χ0n) is 10.3. The number of nitrogens with two attached hydrogens (primary N) is 1. The molecule has 104 valence electrons. The Hall–Kier alpha value is -1.66. The second kappa shape index (κ2) is 5.99. The fourth-order valence-electron chi connectivity index (χ4n) is 1.64. The maximum atomic E-state index is 11.5. The first kappa shape index (κ1) is 15.4. The number of nitro groups is 1. The number of non-ortho nitro benzene ring substituents is 1. The second-order valence-corrected chi connectivity index (χ2v) is 4.59. The normalized spacial score (nSPS) is 15.2. The van der Waals surface area contributed by atoms with Crippen molar-refractivity contribution in [1.82, 2.24) is 5.32 Å². The first-order chi connectivity index (χ1) is 8.51. The van der Waals surface area contributed by atoms with E-state index in [1.165, 1.54) is 12.1 Å². The van der Waals surface area contributed by atoms with Crippen LogP contribution in [0.1, 0.15) is 18.4 Å². The van der Waals surface area contributed by atoms with Gasteiger partial charge in [0.1, 0.15) is 0 Å². The van der Waals surface area contributed by atoms with Gasteiger partial charge in [-0.15, -0.1) is 12.4 Å². The summed E-state index contributed by atoms with van der Waals surface area (Å²) in [4.78, 5) is 21.6. The lowest BCUT2D eigenvalue weighted by Crippen LogP contribution is -2.43. The molecule has 7 heteroatoms. The molecule has 0 radical (unpaired) electrons. The molecule has 3 N–H and O–H groups in total. The summed E-state index contributed by atoms with van der Waals surface area (Å²) in [5.74, 6) is -0.107. The lowest BCUT2D eigenvalue weighted by atomic mass is 10.1. The minimum atomic E-state index is -0.643. The van der Waals surface area contributed by atoms with Gasteiger partial charge in [-0.3, -0.25) is 14.9 Å². The number of hydrogen-bond donors (Lipinski definition) is 2. The molecule has 1 amide bonds. The van der Waals surface area contributed by atoms with E-state index in [2.05, 4.69) is 5.32 Å². The summed E-state index contributed by atoms with van der Waals surface area (Å²) < 4.78 is 0. The number of nitro benzene ring substituents is 1. The van der Waals surface area contributed by atoms with E-state index in [1.54, 1.807) is 12.1 Å². The third-order valence-electron chi connectivity index (χ3n) is 3.09. The predicted molar refractivity (Wildman–Crippen MR) is 73.2 cm³/mol. The van der Waals surface area contributed by atoms with Crippen molar-refractivity contribution in [2.24, 2.45) is 5.73 Å². The van der Waals surface area contributed by atoms with E-state index in [9.17, 15) is 14.9 Å². The predicted octanol–water partition coefficient (Wildman–Crippen LogP) is 1.17. The van der Waals surface area contributed by atoms with Crippen molar-refractivity contribution in [3.63, 3.8) is 0 Å². The molecule has 0 aliphatic heterocycles. The Kier molecular flexibility index (Phi) is 4.85. The standard InChI is InChI=1S/C12H15N3O3.ClH/c13-12(6-7-12)11(16)14-8-5-9-1-3-10(4-2-9)15(17)18;/h1-4H,5-8,13H2,(H,14,16);1H. The molecule has 19 heavy (non-hydrogen) atoms. The van der Waals surface area contributed by atoms with Crippen LogP contribution in [-0.2, 0) is 11.2 Å². The lowest BCUT2D eigenvalue weighted by Gasteiger charge is -2.09. The molecule has 1 aliphatic carbocycles. The van der Waals surface area contributed by atoms with Crippen molar-refractivity contribution in [1.29, 1.82) is 0 Å². The third kappa shape index (κ3) is 3.90. The SMILES string of the molecule is Cl.NC1(C(=O)NCCc2ccc([N+](=O)[O-])cc2)CC1. The van der Waals surface area contributed by atoms with Gasteiger partial charge in [0, 0.05) is 18.7 Å². The summed E-state index contributed by atoms with van der Waals surface area (Å²) in [7, 11) is 0. The molecular weight excluding hydrogens is 270 g/mol. The van der Waals surface area contributed by atoms with Crippen LogP contribution >= 0.6 is 12.4 Å². The Bertz CT molecular complexity index is 472. The van der Waals surface area contributed by atoms with Gasteiger partial charge in [-0.05, 0) is 24.8 Å². The van der Waals surface area contributed by atoms with Gasteiger partial charge >= 0.3 is 0 Å². The third-order valence-corrected chi connectivity index (χ3v) is 3.09. The molecule has 0 heterocycles.